The van der Waals surface area contributed by atoms with Crippen molar-refractivity contribution in [1.29, 1.82) is 0 Å². The van der Waals surface area contributed by atoms with Crippen molar-refractivity contribution < 1.29 is 38.1 Å². The van der Waals surface area contributed by atoms with Crippen LogP contribution in [0.15, 0.2) is 65.7 Å². The number of hydrogen-bond donors (Lipinski definition) is 0. The number of ether oxygens (including phenoxy) is 4. The number of rotatable bonds is 6. The van der Waals surface area contributed by atoms with Crippen molar-refractivity contribution in [2.75, 3.05) is 6.54 Å². The topological polar surface area (TPSA) is 121 Å². The first-order chi connectivity index (χ1) is 18.6. The summed E-state index contributed by atoms with van der Waals surface area (Å²) < 4.78 is 23.1. The number of amides is 1. The van der Waals surface area contributed by atoms with Crippen molar-refractivity contribution in [3.63, 3.8) is 0 Å². The zero-order valence-electron chi connectivity index (χ0n) is 22.0. The lowest BCUT2D eigenvalue weighted by Gasteiger charge is -2.39. The van der Waals surface area contributed by atoms with Gasteiger partial charge in [0.15, 0.2) is 29.8 Å². The molecule has 10 nitrogen and oxygen atoms in total. The number of amidine groups is 1. The zero-order chi connectivity index (χ0) is 28.2. The van der Waals surface area contributed by atoms with Crippen LogP contribution >= 0.6 is 11.8 Å². The second-order valence-electron chi connectivity index (χ2n) is 9.82. The van der Waals surface area contributed by atoms with E-state index in [-0.39, 0.29) is 22.8 Å². The number of carbonyl (C=O) groups excluding carboxylic acids is 4. The Morgan fingerprint density at radius 1 is 0.949 bits per heavy atom. The Labute approximate surface area is 230 Å². The van der Waals surface area contributed by atoms with E-state index >= 15 is 0 Å². The third kappa shape index (κ3) is 6.66. The largest absolute Gasteiger partial charge is 0.452 e. The number of aldehydes is 1. The highest BCUT2D eigenvalue weighted by Crippen LogP contribution is 2.40. The van der Waals surface area contributed by atoms with Gasteiger partial charge in [0.1, 0.15) is 17.1 Å². The number of fused-ring (bicyclic) bond motifs is 1. The molecule has 2 aliphatic heterocycles. The van der Waals surface area contributed by atoms with Crippen molar-refractivity contribution in [3.05, 3.63) is 71.8 Å². The molecule has 0 aromatic heterocycles. The number of hydrogen-bond acceptors (Lipinski definition) is 10. The van der Waals surface area contributed by atoms with Crippen molar-refractivity contribution in [2.45, 2.75) is 63.1 Å². The lowest BCUT2D eigenvalue weighted by atomic mass is 9.98. The van der Waals surface area contributed by atoms with Gasteiger partial charge in [0, 0.05) is 6.54 Å². The summed E-state index contributed by atoms with van der Waals surface area (Å²) in [5, 5.41) is 0.280. The van der Waals surface area contributed by atoms with Gasteiger partial charge >= 0.3 is 18.0 Å². The first-order valence-electron chi connectivity index (χ1n) is 12.5. The first kappa shape index (κ1) is 28.3. The Bertz CT molecular complexity index is 1230. The highest BCUT2D eigenvalue weighted by Gasteiger charge is 2.54. The minimum absolute atomic E-state index is 0.248. The maximum atomic E-state index is 13.1. The highest BCUT2D eigenvalue weighted by molar-refractivity contribution is 8.14. The molecule has 1 fully saturated rings. The van der Waals surface area contributed by atoms with Gasteiger partial charge in [-0.3, -0.25) is 9.89 Å². The minimum Gasteiger partial charge on any atom is -0.452 e. The Hall–Kier alpha value is -3.70. The summed E-state index contributed by atoms with van der Waals surface area (Å²) in [6.07, 6.45) is -3.81. The van der Waals surface area contributed by atoms with E-state index in [1.54, 1.807) is 88.4 Å². The molecule has 206 valence electrons. The fourth-order valence-corrected chi connectivity index (χ4v) is 5.31. The van der Waals surface area contributed by atoms with Crippen LogP contribution in [-0.2, 0) is 23.7 Å². The predicted octanol–water partition coefficient (Wildman–Crippen LogP) is 4.09. The second-order valence-corrected chi connectivity index (χ2v) is 10.9. The van der Waals surface area contributed by atoms with Crippen LogP contribution in [0.2, 0.25) is 0 Å². The number of carbonyl (C=O) groups is 4. The molecule has 5 atom stereocenters. The van der Waals surface area contributed by atoms with E-state index in [4.69, 9.17) is 18.9 Å². The van der Waals surface area contributed by atoms with Gasteiger partial charge in [0.05, 0.1) is 11.1 Å². The third-order valence-corrected chi connectivity index (χ3v) is 6.99. The lowest BCUT2D eigenvalue weighted by molar-refractivity contribution is -0.162. The van der Waals surface area contributed by atoms with Crippen LogP contribution in [0.5, 0.6) is 0 Å². The monoisotopic (exact) mass is 554 g/mol. The van der Waals surface area contributed by atoms with Crippen molar-refractivity contribution >= 4 is 41.2 Å². The quantitative estimate of drug-likeness (QED) is 0.295. The van der Waals surface area contributed by atoms with Crippen LogP contribution in [0.4, 0.5) is 4.79 Å². The van der Waals surface area contributed by atoms with Crippen LogP contribution in [0.1, 0.15) is 48.4 Å². The Morgan fingerprint density at radius 2 is 1.49 bits per heavy atom. The molecule has 5 unspecified atom stereocenters. The molecule has 0 radical (unpaired) electrons. The molecule has 0 aliphatic carbocycles. The van der Waals surface area contributed by atoms with E-state index in [2.05, 4.69) is 4.99 Å². The maximum absolute atomic E-state index is 13.1. The molecule has 0 bridgehead atoms. The van der Waals surface area contributed by atoms with Gasteiger partial charge in [0.2, 0.25) is 0 Å². The summed E-state index contributed by atoms with van der Waals surface area (Å²) in [5.41, 5.74) is -0.989. The van der Waals surface area contributed by atoms with Crippen molar-refractivity contribution in [1.82, 2.24) is 4.90 Å². The molecule has 1 saturated heterocycles. The van der Waals surface area contributed by atoms with Gasteiger partial charge in [-0.05, 0) is 52.0 Å². The Balaban J connectivity index is 1.67. The number of thioether (sulfide) groups is 1. The van der Waals surface area contributed by atoms with Gasteiger partial charge in [-0.1, -0.05) is 48.2 Å². The number of esters is 2. The lowest BCUT2D eigenvalue weighted by Crippen LogP contribution is -2.58. The molecule has 4 rings (SSSR count). The summed E-state index contributed by atoms with van der Waals surface area (Å²) in [6.45, 7) is 7.28. The fourth-order valence-electron chi connectivity index (χ4n) is 4.05. The van der Waals surface area contributed by atoms with Gasteiger partial charge in [-0.15, -0.1) is 0 Å². The van der Waals surface area contributed by atoms with Gasteiger partial charge in [0.25, 0.3) is 0 Å². The molecular weight excluding hydrogens is 524 g/mol. The molecule has 2 heterocycles. The molecule has 2 aliphatic rings. The van der Waals surface area contributed by atoms with Crippen LogP contribution in [0.3, 0.4) is 0 Å². The van der Waals surface area contributed by atoms with Crippen LogP contribution < -0.4 is 0 Å². The third-order valence-electron chi connectivity index (χ3n) is 5.84. The number of nitrogens with zero attached hydrogens (tertiary/aromatic N) is 2. The summed E-state index contributed by atoms with van der Waals surface area (Å²) in [4.78, 5) is 57.1. The van der Waals surface area contributed by atoms with Gasteiger partial charge in [-0.25, -0.2) is 14.4 Å². The van der Waals surface area contributed by atoms with E-state index in [1.165, 1.54) is 4.90 Å². The van der Waals surface area contributed by atoms with Crippen LogP contribution in [0.25, 0.3) is 0 Å². The predicted molar refractivity (Wildman–Crippen MR) is 143 cm³/mol. The maximum Gasteiger partial charge on any atom is 0.416 e. The van der Waals surface area contributed by atoms with E-state index in [9.17, 15) is 19.2 Å². The van der Waals surface area contributed by atoms with E-state index < -0.39 is 53.4 Å². The summed E-state index contributed by atoms with van der Waals surface area (Å²) in [7, 11) is 0. The smallest absolute Gasteiger partial charge is 0.416 e. The highest BCUT2D eigenvalue weighted by atomic mass is 32.2. The van der Waals surface area contributed by atoms with Crippen molar-refractivity contribution in [3.8, 4) is 0 Å². The second kappa shape index (κ2) is 12.0. The molecule has 11 heteroatoms. The number of aliphatic imine (C=N–C) groups is 1. The Morgan fingerprint density at radius 3 is 1.97 bits per heavy atom. The number of benzene rings is 2. The zero-order valence-corrected chi connectivity index (χ0v) is 22.8. The summed E-state index contributed by atoms with van der Waals surface area (Å²) >= 11 is 1.11. The Kier molecular flexibility index (Phi) is 8.71. The summed E-state index contributed by atoms with van der Waals surface area (Å²) in [5.74, 6) is -1.39. The van der Waals surface area contributed by atoms with Gasteiger partial charge in [-0.2, -0.15) is 0 Å². The molecule has 1 amide bonds. The average molecular weight is 555 g/mol. The molecule has 0 N–H and O–H groups in total. The van der Waals surface area contributed by atoms with Crippen LogP contribution in [-0.4, -0.2) is 76.3 Å². The average Bonchev–Trinajstić information content (AvgIpc) is 3.33. The molecule has 0 spiro atoms. The van der Waals surface area contributed by atoms with E-state index in [1.807, 2.05) is 0 Å². The van der Waals surface area contributed by atoms with E-state index in [0.29, 0.717) is 6.29 Å². The molecule has 2 aromatic carbocycles. The van der Waals surface area contributed by atoms with Gasteiger partial charge < -0.3 is 23.7 Å². The van der Waals surface area contributed by atoms with Crippen molar-refractivity contribution in [2.24, 2.45) is 4.99 Å². The molecule has 39 heavy (non-hydrogen) atoms. The fraction of sp³-hybridized carbons (Fsp3) is 0.393. The standard InChI is InChI=1S/C28H30N2O8S/c1-5-30(27(34)38-28(2,3)4)26-29-20-22(37-24(33)18-14-10-7-11-15-18)21(19(16-31)35-25(20)39-26)36-23(32)17-12-8-6-9-13-17/h6-16,19-22,25H,5H2,1-4H3. The molecule has 2 aromatic rings. The van der Waals surface area contributed by atoms with Crippen LogP contribution in [0, 0.1) is 0 Å². The first-order valence-corrected chi connectivity index (χ1v) is 13.4. The summed E-state index contributed by atoms with van der Waals surface area (Å²) in [6, 6.07) is 15.7. The minimum atomic E-state index is -1.29. The SMILES string of the molecule is CCN(C(=O)OC(C)(C)C)C1=NC2C(OC(C=O)C(OC(=O)c3ccccc3)C2OC(=O)c2ccccc2)S1. The van der Waals surface area contributed by atoms with E-state index in [0.717, 1.165) is 11.8 Å². The molecular formula is C28H30N2O8S. The normalized spacial score (nSPS) is 24.1. The molecule has 0 saturated carbocycles.